The highest BCUT2D eigenvalue weighted by Crippen LogP contribution is 2.25. The zero-order valence-electron chi connectivity index (χ0n) is 12.4. The number of amides is 1. The maximum Gasteiger partial charge on any atom is 0.304 e. The molecular formula is C16H21NO4. The molecule has 0 unspecified atom stereocenters. The first-order valence-corrected chi connectivity index (χ1v) is 7.19. The van der Waals surface area contributed by atoms with Crippen LogP contribution in [0.2, 0.25) is 0 Å². The van der Waals surface area contributed by atoms with Crippen molar-refractivity contribution < 1.29 is 19.4 Å². The van der Waals surface area contributed by atoms with Crippen LogP contribution in [0.4, 0.5) is 5.69 Å². The molecule has 5 nitrogen and oxygen atoms in total. The summed E-state index contributed by atoms with van der Waals surface area (Å²) in [6, 6.07) is 5.80. The van der Waals surface area contributed by atoms with Crippen molar-refractivity contribution in [2.75, 3.05) is 11.9 Å². The van der Waals surface area contributed by atoms with E-state index in [0.717, 1.165) is 29.7 Å². The summed E-state index contributed by atoms with van der Waals surface area (Å²) in [5.74, 6) is -1.91. The maximum absolute atomic E-state index is 12.4. The Balaban J connectivity index is 2.13. The molecule has 1 aromatic rings. The van der Waals surface area contributed by atoms with Crippen LogP contribution in [0.25, 0.3) is 0 Å². The van der Waals surface area contributed by atoms with E-state index in [9.17, 15) is 9.59 Å². The summed E-state index contributed by atoms with van der Waals surface area (Å²) < 4.78 is 5.50. The number of aliphatic carboxylic acids is 1. The van der Waals surface area contributed by atoms with E-state index in [0.29, 0.717) is 6.61 Å². The van der Waals surface area contributed by atoms with Crippen molar-refractivity contribution in [3.05, 3.63) is 29.3 Å². The highest BCUT2D eigenvalue weighted by molar-refractivity contribution is 5.95. The van der Waals surface area contributed by atoms with Gasteiger partial charge in [0.1, 0.15) is 0 Å². The van der Waals surface area contributed by atoms with Crippen LogP contribution in [0.3, 0.4) is 0 Å². The number of carboxylic acid groups (broad SMARTS) is 1. The van der Waals surface area contributed by atoms with Crippen LogP contribution in [0.15, 0.2) is 18.2 Å². The summed E-state index contributed by atoms with van der Waals surface area (Å²) in [7, 11) is 0. The van der Waals surface area contributed by atoms with Gasteiger partial charge in [0.15, 0.2) is 0 Å². The minimum absolute atomic E-state index is 0.207. The van der Waals surface area contributed by atoms with Crippen molar-refractivity contribution in [1.29, 1.82) is 0 Å². The van der Waals surface area contributed by atoms with Crippen LogP contribution >= 0.6 is 0 Å². The Labute approximate surface area is 124 Å². The second-order valence-electron chi connectivity index (χ2n) is 5.56. The van der Waals surface area contributed by atoms with Crippen molar-refractivity contribution in [3.8, 4) is 0 Å². The highest BCUT2D eigenvalue weighted by atomic mass is 16.5. The molecule has 0 spiro atoms. The van der Waals surface area contributed by atoms with E-state index in [1.54, 1.807) is 0 Å². The van der Waals surface area contributed by atoms with Gasteiger partial charge in [-0.3, -0.25) is 9.59 Å². The summed E-state index contributed by atoms with van der Waals surface area (Å²) in [5.41, 5.74) is 2.73. The van der Waals surface area contributed by atoms with Crippen LogP contribution in [0, 0.1) is 19.8 Å². The summed E-state index contributed by atoms with van der Waals surface area (Å²) in [5, 5.41) is 11.9. The molecule has 114 valence electrons. The molecule has 0 aliphatic carbocycles. The number of anilines is 1. The van der Waals surface area contributed by atoms with Crippen LogP contribution < -0.4 is 5.32 Å². The lowest BCUT2D eigenvalue weighted by Crippen LogP contribution is -2.34. The van der Waals surface area contributed by atoms with Gasteiger partial charge in [-0.15, -0.1) is 0 Å². The van der Waals surface area contributed by atoms with Crippen molar-refractivity contribution >= 4 is 17.6 Å². The van der Waals surface area contributed by atoms with Gasteiger partial charge in [0, 0.05) is 12.3 Å². The van der Waals surface area contributed by atoms with Gasteiger partial charge in [-0.2, -0.15) is 0 Å². The van der Waals surface area contributed by atoms with E-state index in [2.05, 4.69) is 5.32 Å². The third kappa shape index (κ3) is 4.04. The Morgan fingerprint density at radius 1 is 1.43 bits per heavy atom. The molecule has 0 aromatic heterocycles. The summed E-state index contributed by atoms with van der Waals surface area (Å²) in [6.07, 6.45) is 1.10. The topological polar surface area (TPSA) is 75.6 Å². The molecule has 2 N–H and O–H groups in total. The van der Waals surface area contributed by atoms with Crippen LogP contribution in [-0.4, -0.2) is 29.7 Å². The van der Waals surface area contributed by atoms with Gasteiger partial charge in [-0.1, -0.05) is 12.1 Å². The van der Waals surface area contributed by atoms with Gasteiger partial charge in [-0.05, 0) is 43.9 Å². The number of nitrogens with one attached hydrogen (secondary N) is 1. The molecule has 1 aliphatic rings. The lowest BCUT2D eigenvalue weighted by Gasteiger charge is -2.21. The second-order valence-corrected chi connectivity index (χ2v) is 5.56. The fourth-order valence-electron chi connectivity index (χ4n) is 2.60. The first-order valence-electron chi connectivity index (χ1n) is 7.19. The van der Waals surface area contributed by atoms with Gasteiger partial charge < -0.3 is 15.2 Å². The molecule has 2 atom stereocenters. The van der Waals surface area contributed by atoms with E-state index < -0.39 is 11.9 Å². The lowest BCUT2D eigenvalue weighted by molar-refractivity contribution is -0.142. The number of hydrogen-bond donors (Lipinski definition) is 2. The average molecular weight is 291 g/mol. The molecule has 21 heavy (non-hydrogen) atoms. The Morgan fingerprint density at radius 2 is 2.19 bits per heavy atom. The molecule has 1 aromatic carbocycles. The first kappa shape index (κ1) is 15.5. The molecule has 5 heteroatoms. The molecule has 0 bridgehead atoms. The average Bonchev–Trinajstić information content (AvgIpc) is 2.93. The van der Waals surface area contributed by atoms with Crippen LogP contribution in [0.1, 0.15) is 30.4 Å². The minimum atomic E-state index is -0.980. The highest BCUT2D eigenvalue weighted by Gasteiger charge is 2.33. The Kier molecular flexibility index (Phi) is 4.96. The number of ether oxygens (including phenoxy) is 1. The van der Waals surface area contributed by atoms with Crippen molar-refractivity contribution in [2.24, 2.45) is 5.92 Å². The van der Waals surface area contributed by atoms with E-state index in [1.807, 2.05) is 32.0 Å². The normalized spacial score (nSPS) is 19.2. The van der Waals surface area contributed by atoms with Gasteiger partial charge in [0.05, 0.1) is 18.4 Å². The van der Waals surface area contributed by atoms with Crippen LogP contribution in [-0.2, 0) is 14.3 Å². The lowest BCUT2D eigenvalue weighted by atomic mass is 9.95. The maximum atomic E-state index is 12.4. The third-order valence-electron chi connectivity index (χ3n) is 3.80. The van der Waals surface area contributed by atoms with Gasteiger partial charge >= 0.3 is 5.97 Å². The van der Waals surface area contributed by atoms with E-state index in [4.69, 9.17) is 9.84 Å². The fraction of sp³-hybridized carbons (Fsp3) is 0.500. The number of carboxylic acids is 1. The van der Waals surface area contributed by atoms with Crippen LogP contribution in [0.5, 0.6) is 0 Å². The van der Waals surface area contributed by atoms with Crippen molar-refractivity contribution in [3.63, 3.8) is 0 Å². The van der Waals surface area contributed by atoms with Crippen molar-refractivity contribution in [1.82, 2.24) is 0 Å². The van der Waals surface area contributed by atoms with E-state index in [1.165, 1.54) is 0 Å². The summed E-state index contributed by atoms with van der Waals surface area (Å²) >= 11 is 0. The SMILES string of the molecule is Cc1ccc(C)c(NC(=O)[C@H](CC(=O)O)[C@H]2CCCO2)c1. The number of carbonyl (C=O) groups is 2. The Bertz CT molecular complexity index is 535. The molecule has 1 saturated heterocycles. The molecule has 1 heterocycles. The molecule has 2 rings (SSSR count). The van der Waals surface area contributed by atoms with Gasteiger partial charge in [0.25, 0.3) is 0 Å². The molecule has 0 radical (unpaired) electrons. The molecule has 1 fully saturated rings. The van der Waals surface area contributed by atoms with E-state index >= 15 is 0 Å². The molecule has 0 saturated carbocycles. The van der Waals surface area contributed by atoms with Gasteiger partial charge in [0.2, 0.25) is 5.91 Å². The van der Waals surface area contributed by atoms with Crippen molar-refractivity contribution in [2.45, 2.75) is 39.2 Å². The standard InChI is InChI=1S/C16H21NO4/c1-10-5-6-11(2)13(8-10)17-16(20)12(9-15(18)19)14-4-3-7-21-14/h5-6,8,12,14H,3-4,7,9H2,1-2H3,(H,17,20)(H,18,19)/t12-,14-/m1/s1. The molecular weight excluding hydrogens is 270 g/mol. The summed E-state index contributed by atoms with van der Waals surface area (Å²) in [6.45, 7) is 4.45. The predicted octanol–water partition coefficient (Wildman–Crippen LogP) is 2.51. The zero-order chi connectivity index (χ0) is 15.4. The predicted molar refractivity (Wildman–Crippen MR) is 79.3 cm³/mol. The monoisotopic (exact) mass is 291 g/mol. The Hall–Kier alpha value is -1.88. The largest absolute Gasteiger partial charge is 0.481 e. The second kappa shape index (κ2) is 6.72. The third-order valence-corrected chi connectivity index (χ3v) is 3.80. The molecule has 1 amide bonds. The number of aryl methyl sites for hydroxylation is 2. The minimum Gasteiger partial charge on any atom is -0.481 e. The quantitative estimate of drug-likeness (QED) is 0.874. The van der Waals surface area contributed by atoms with E-state index in [-0.39, 0.29) is 18.4 Å². The number of carbonyl (C=O) groups excluding carboxylic acids is 1. The molecule has 1 aliphatic heterocycles. The number of benzene rings is 1. The number of rotatable bonds is 5. The summed E-state index contributed by atoms with van der Waals surface area (Å²) in [4.78, 5) is 23.5. The smallest absolute Gasteiger partial charge is 0.304 e. The Morgan fingerprint density at radius 3 is 2.81 bits per heavy atom. The number of hydrogen-bond acceptors (Lipinski definition) is 3. The first-order chi connectivity index (χ1) is 9.97. The fourth-order valence-corrected chi connectivity index (χ4v) is 2.60. The zero-order valence-corrected chi connectivity index (χ0v) is 12.4. The van der Waals surface area contributed by atoms with Gasteiger partial charge in [-0.25, -0.2) is 0 Å².